The van der Waals surface area contributed by atoms with Crippen LogP contribution in [0.25, 0.3) is 0 Å². The van der Waals surface area contributed by atoms with Crippen LogP contribution in [0.4, 0.5) is 22.4 Å². The van der Waals surface area contributed by atoms with Crippen LogP contribution >= 0.6 is 11.6 Å². The third kappa shape index (κ3) is 4.93. The number of rotatable bonds is 5. The van der Waals surface area contributed by atoms with E-state index in [-0.39, 0.29) is 59.6 Å². The summed E-state index contributed by atoms with van der Waals surface area (Å²) in [6.07, 6.45) is -3.74. The van der Waals surface area contributed by atoms with Crippen LogP contribution in [0, 0.1) is 5.82 Å². The van der Waals surface area contributed by atoms with Crippen molar-refractivity contribution in [1.29, 1.82) is 0 Å². The van der Waals surface area contributed by atoms with Gasteiger partial charge in [-0.05, 0) is 44.7 Å². The summed E-state index contributed by atoms with van der Waals surface area (Å²) in [5, 5.41) is 4.80. The molecule has 1 aromatic rings. The van der Waals surface area contributed by atoms with Gasteiger partial charge in [-0.25, -0.2) is 9.18 Å². The summed E-state index contributed by atoms with van der Waals surface area (Å²) in [7, 11) is 0. The average molecular weight is 561 g/mol. The maximum atomic E-state index is 15.3. The van der Waals surface area contributed by atoms with E-state index in [0.717, 1.165) is 4.90 Å². The maximum Gasteiger partial charge on any atom is 0.407 e. The van der Waals surface area contributed by atoms with Crippen LogP contribution in [0.3, 0.4) is 0 Å². The number of likely N-dealkylation sites (tertiary alicyclic amines) is 1. The zero-order chi connectivity index (χ0) is 27.4. The van der Waals surface area contributed by atoms with E-state index in [4.69, 9.17) is 16.3 Å². The number of nitrogens with zero attached hydrogens (tertiary/aromatic N) is 2. The summed E-state index contributed by atoms with van der Waals surface area (Å²) >= 11 is 6.29. The molecule has 0 aromatic heterocycles. The summed E-state index contributed by atoms with van der Waals surface area (Å²) in [5.41, 5.74) is -0.251. The predicted octanol–water partition coefficient (Wildman–Crippen LogP) is 3.02. The molecule has 1 aromatic carbocycles. The van der Waals surface area contributed by atoms with Crippen LogP contribution < -0.4 is 10.6 Å². The molecule has 0 bridgehead atoms. The molecule has 0 radical (unpaired) electrons. The summed E-state index contributed by atoms with van der Waals surface area (Å²) in [6.45, 7) is -0.272. The van der Waals surface area contributed by atoms with Crippen molar-refractivity contribution >= 4 is 35.4 Å². The van der Waals surface area contributed by atoms with Crippen LogP contribution in [-0.4, -0.2) is 70.5 Å². The third-order valence-electron chi connectivity index (χ3n) is 7.72. The lowest BCUT2D eigenvalue weighted by atomic mass is 9.85. The van der Waals surface area contributed by atoms with Crippen molar-refractivity contribution < 1.29 is 41.5 Å². The van der Waals surface area contributed by atoms with Crippen molar-refractivity contribution in [2.24, 2.45) is 0 Å². The van der Waals surface area contributed by atoms with E-state index in [1.54, 1.807) is 0 Å². The highest BCUT2D eigenvalue weighted by molar-refractivity contribution is 6.32. The van der Waals surface area contributed by atoms with Gasteiger partial charge in [0.25, 0.3) is 5.91 Å². The molecule has 4 amide bonds. The standard InChI is InChI=1S/C24H25ClF4N4O5/c25-15-6-11(20(26)19-14(15)9-33(22(19)36)16-3-4-18(34)31-21(16)35)10-38-23(37)30-12-7-13(8-12)32-5-1-2-17(32)24(27,28)29/h6,12-13,16-17H,1-5,7-10H2,(H,30,37)(H,31,34,35)/t12?,13?,16-,17-/m1/s1. The fourth-order valence-electron chi connectivity index (χ4n) is 5.72. The molecule has 3 fully saturated rings. The summed E-state index contributed by atoms with van der Waals surface area (Å²) < 4.78 is 60.0. The first kappa shape index (κ1) is 26.7. The Bertz CT molecular complexity index is 1190. The number of piperidine rings is 1. The number of alkyl halides is 3. The molecule has 1 aliphatic carbocycles. The van der Waals surface area contributed by atoms with Crippen LogP contribution in [0.15, 0.2) is 6.07 Å². The molecule has 1 saturated carbocycles. The molecule has 0 unspecified atom stereocenters. The topological polar surface area (TPSA) is 108 Å². The van der Waals surface area contributed by atoms with E-state index in [9.17, 15) is 32.3 Å². The zero-order valence-corrected chi connectivity index (χ0v) is 20.8. The third-order valence-corrected chi connectivity index (χ3v) is 8.05. The number of amides is 4. The number of carbonyl (C=O) groups is 4. The molecule has 2 saturated heterocycles. The number of imide groups is 1. The highest BCUT2D eigenvalue weighted by Gasteiger charge is 2.50. The van der Waals surface area contributed by atoms with Gasteiger partial charge < -0.3 is 15.0 Å². The van der Waals surface area contributed by atoms with Gasteiger partial charge in [-0.15, -0.1) is 0 Å². The molecule has 0 spiro atoms. The number of benzene rings is 1. The van der Waals surface area contributed by atoms with Crippen molar-refractivity contribution in [1.82, 2.24) is 20.4 Å². The monoisotopic (exact) mass is 560 g/mol. The van der Waals surface area contributed by atoms with Gasteiger partial charge in [0.1, 0.15) is 24.5 Å². The first-order chi connectivity index (χ1) is 17.9. The minimum Gasteiger partial charge on any atom is -0.445 e. The van der Waals surface area contributed by atoms with Gasteiger partial charge in [-0.3, -0.25) is 24.6 Å². The smallest absolute Gasteiger partial charge is 0.407 e. The molecule has 2 N–H and O–H groups in total. The normalized spacial score (nSPS) is 27.7. The minimum atomic E-state index is -4.28. The van der Waals surface area contributed by atoms with Crippen molar-refractivity contribution in [2.75, 3.05) is 6.54 Å². The van der Waals surface area contributed by atoms with E-state index in [2.05, 4.69) is 10.6 Å². The fraction of sp³-hybridized carbons (Fsp3) is 0.583. The Kier molecular flexibility index (Phi) is 7.01. The highest BCUT2D eigenvalue weighted by Crippen LogP contribution is 2.39. The number of alkyl carbamates (subject to hydrolysis) is 1. The molecule has 3 aliphatic heterocycles. The van der Waals surface area contributed by atoms with E-state index >= 15 is 4.39 Å². The number of halogens is 5. The molecule has 3 heterocycles. The lowest BCUT2D eigenvalue weighted by Crippen LogP contribution is -2.57. The molecule has 38 heavy (non-hydrogen) atoms. The molecule has 206 valence electrons. The van der Waals surface area contributed by atoms with Gasteiger partial charge in [0, 0.05) is 41.2 Å². The zero-order valence-electron chi connectivity index (χ0n) is 20.1. The molecule has 9 nitrogen and oxygen atoms in total. The highest BCUT2D eigenvalue weighted by atomic mass is 35.5. The second kappa shape index (κ2) is 9.99. The first-order valence-electron chi connectivity index (χ1n) is 12.3. The second-order valence-electron chi connectivity index (χ2n) is 10.1. The second-order valence-corrected chi connectivity index (χ2v) is 10.5. The van der Waals surface area contributed by atoms with Crippen LogP contribution in [-0.2, 0) is 27.5 Å². The SMILES string of the molecule is O=C1CC[C@@H](N2Cc3c(Cl)cc(COC(=O)NC4CC(N5CCC[C@@H]5C(F)(F)F)C4)c(F)c3C2=O)C(=O)N1. The molecule has 14 heteroatoms. The average Bonchev–Trinajstić information content (AvgIpc) is 3.43. The lowest BCUT2D eigenvalue weighted by molar-refractivity contribution is -0.185. The van der Waals surface area contributed by atoms with E-state index < -0.39 is 54.5 Å². The lowest BCUT2D eigenvalue weighted by Gasteiger charge is -2.44. The summed E-state index contributed by atoms with van der Waals surface area (Å²) in [5.74, 6) is -2.76. The Morgan fingerprint density at radius 3 is 2.63 bits per heavy atom. The molecular weight excluding hydrogens is 536 g/mol. The molecule has 4 aliphatic rings. The first-order valence-corrected chi connectivity index (χ1v) is 12.7. The van der Waals surface area contributed by atoms with E-state index in [1.165, 1.54) is 11.0 Å². The van der Waals surface area contributed by atoms with Crippen molar-refractivity contribution in [3.63, 3.8) is 0 Å². The Morgan fingerprint density at radius 2 is 1.95 bits per heavy atom. The van der Waals surface area contributed by atoms with Crippen molar-refractivity contribution in [3.8, 4) is 0 Å². The number of carbonyl (C=O) groups excluding carboxylic acids is 4. The van der Waals surface area contributed by atoms with Gasteiger partial charge in [0.05, 0.1) is 5.56 Å². The number of nitrogens with one attached hydrogen (secondary N) is 2. The van der Waals surface area contributed by atoms with Gasteiger partial charge in [0.15, 0.2) is 0 Å². The quantitative estimate of drug-likeness (QED) is 0.423. The predicted molar refractivity (Wildman–Crippen MR) is 123 cm³/mol. The van der Waals surface area contributed by atoms with Crippen LogP contribution in [0.5, 0.6) is 0 Å². The minimum absolute atomic E-state index is 0.0453. The maximum absolute atomic E-state index is 15.3. The van der Waals surface area contributed by atoms with E-state index in [1.807, 2.05) is 0 Å². The Balaban J connectivity index is 1.16. The molecular formula is C24H25ClF4N4O5. The fourth-order valence-corrected chi connectivity index (χ4v) is 6.01. The number of hydrogen-bond acceptors (Lipinski definition) is 6. The summed E-state index contributed by atoms with van der Waals surface area (Å²) in [4.78, 5) is 51.5. The van der Waals surface area contributed by atoms with E-state index in [0.29, 0.717) is 25.8 Å². The number of hydrogen-bond donors (Lipinski definition) is 2. The molecule has 2 atom stereocenters. The number of fused-ring (bicyclic) bond motifs is 1. The van der Waals surface area contributed by atoms with Crippen molar-refractivity contribution in [3.05, 3.63) is 33.6 Å². The Labute approximate surface area is 219 Å². The van der Waals surface area contributed by atoms with Gasteiger partial charge in [-0.2, -0.15) is 13.2 Å². The van der Waals surface area contributed by atoms with Crippen molar-refractivity contribution in [2.45, 2.75) is 82.0 Å². The van der Waals surface area contributed by atoms with Gasteiger partial charge in [-0.1, -0.05) is 11.6 Å². The van der Waals surface area contributed by atoms with Gasteiger partial charge in [0.2, 0.25) is 11.8 Å². The molecule has 5 rings (SSSR count). The summed E-state index contributed by atoms with van der Waals surface area (Å²) in [6, 6.07) is -1.79. The Hall–Kier alpha value is -2.93. The van der Waals surface area contributed by atoms with Crippen LogP contribution in [0.2, 0.25) is 5.02 Å². The van der Waals surface area contributed by atoms with Gasteiger partial charge >= 0.3 is 12.3 Å². The largest absolute Gasteiger partial charge is 0.445 e. The Morgan fingerprint density at radius 1 is 1.21 bits per heavy atom. The number of ether oxygens (including phenoxy) is 1. The van der Waals surface area contributed by atoms with Crippen LogP contribution in [0.1, 0.15) is 60.0 Å².